The van der Waals surface area contributed by atoms with Crippen molar-refractivity contribution in [1.29, 1.82) is 0 Å². The van der Waals surface area contributed by atoms with Crippen molar-refractivity contribution in [1.82, 2.24) is 10.3 Å². The fourth-order valence-electron chi connectivity index (χ4n) is 2.50. The molecule has 1 aromatic heterocycles. The molecule has 0 aromatic carbocycles. The van der Waals surface area contributed by atoms with Crippen LogP contribution in [0.2, 0.25) is 0 Å². The number of nitrogens with zero attached hydrogens (tertiary/aromatic N) is 2. The summed E-state index contributed by atoms with van der Waals surface area (Å²) in [5, 5.41) is 17.9. The second-order valence-corrected chi connectivity index (χ2v) is 6.17. The summed E-state index contributed by atoms with van der Waals surface area (Å²) in [5.74, 6) is -0.217. The van der Waals surface area contributed by atoms with Crippen molar-refractivity contribution in [3.05, 3.63) is 16.1 Å². The lowest BCUT2D eigenvalue weighted by Crippen LogP contribution is -2.49. The molecule has 7 heteroatoms. The highest BCUT2D eigenvalue weighted by atomic mass is 32.1. The van der Waals surface area contributed by atoms with Crippen molar-refractivity contribution >= 4 is 23.1 Å². The SMILES string of the molecule is CCCC(CCC)(C(=O)NCc1csc(C)n1)C(N)=NO. The smallest absolute Gasteiger partial charge is 0.234 e. The number of rotatable bonds is 8. The number of nitrogens with one attached hydrogen (secondary N) is 1. The second kappa shape index (κ2) is 7.97. The van der Waals surface area contributed by atoms with Crippen LogP contribution in [-0.2, 0) is 11.3 Å². The lowest BCUT2D eigenvalue weighted by Gasteiger charge is -2.30. The Morgan fingerprint density at radius 3 is 2.52 bits per heavy atom. The molecular formula is C14H24N4O2S. The van der Waals surface area contributed by atoms with Gasteiger partial charge in [-0.25, -0.2) is 4.98 Å². The maximum Gasteiger partial charge on any atom is 0.234 e. The van der Waals surface area contributed by atoms with E-state index in [0.29, 0.717) is 19.4 Å². The van der Waals surface area contributed by atoms with Gasteiger partial charge in [-0.1, -0.05) is 31.8 Å². The molecule has 4 N–H and O–H groups in total. The highest BCUT2D eigenvalue weighted by Gasteiger charge is 2.41. The van der Waals surface area contributed by atoms with E-state index in [9.17, 15) is 4.79 Å². The van der Waals surface area contributed by atoms with Crippen molar-refractivity contribution < 1.29 is 10.0 Å². The van der Waals surface area contributed by atoms with E-state index in [1.807, 2.05) is 26.2 Å². The van der Waals surface area contributed by atoms with Crippen molar-refractivity contribution in [3.8, 4) is 0 Å². The van der Waals surface area contributed by atoms with E-state index in [-0.39, 0.29) is 11.7 Å². The summed E-state index contributed by atoms with van der Waals surface area (Å²) in [5.41, 5.74) is 5.71. The molecule has 0 spiro atoms. The minimum atomic E-state index is -0.941. The fraction of sp³-hybridized carbons (Fsp3) is 0.643. The predicted molar refractivity (Wildman–Crippen MR) is 84.4 cm³/mol. The number of hydrogen-bond acceptors (Lipinski definition) is 5. The minimum absolute atomic E-state index is 0.0156. The van der Waals surface area contributed by atoms with Crippen LogP contribution in [0.1, 0.15) is 50.2 Å². The number of nitrogens with two attached hydrogens (primary N) is 1. The molecule has 118 valence electrons. The van der Waals surface area contributed by atoms with Crippen LogP contribution in [-0.4, -0.2) is 21.9 Å². The van der Waals surface area contributed by atoms with Crippen LogP contribution in [0.5, 0.6) is 0 Å². The highest BCUT2D eigenvalue weighted by molar-refractivity contribution is 7.09. The first-order valence-electron chi connectivity index (χ1n) is 7.17. The summed E-state index contributed by atoms with van der Waals surface area (Å²) in [4.78, 5) is 16.9. The monoisotopic (exact) mass is 312 g/mol. The molecule has 1 amide bonds. The summed E-state index contributed by atoms with van der Waals surface area (Å²) in [6, 6.07) is 0. The number of aromatic nitrogens is 1. The Hall–Kier alpha value is -1.63. The zero-order valence-corrected chi connectivity index (χ0v) is 13.7. The number of hydrogen-bond donors (Lipinski definition) is 3. The van der Waals surface area contributed by atoms with Gasteiger partial charge < -0.3 is 16.3 Å². The lowest BCUT2D eigenvalue weighted by molar-refractivity contribution is -0.128. The molecule has 0 bridgehead atoms. The molecule has 0 atom stereocenters. The Kier molecular flexibility index (Phi) is 6.61. The van der Waals surface area contributed by atoms with Crippen LogP contribution in [0, 0.1) is 12.3 Å². The van der Waals surface area contributed by atoms with Gasteiger partial charge in [0.25, 0.3) is 0 Å². The van der Waals surface area contributed by atoms with Crippen LogP contribution in [0.15, 0.2) is 10.5 Å². The van der Waals surface area contributed by atoms with E-state index in [1.54, 1.807) is 11.3 Å². The third-order valence-corrected chi connectivity index (χ3v) is 4.31. The largest absolute Gasteiger partial charge is 0.409 e. The zero-order chi connectivity index (χ0) is 15.9. The standard InChI is InChI=1S/C14H24N4O2S/c1-4-6-14(7-5-2,12(15)18-20)13(19)16-8-11-9-21-10(3)17-11/h9,20H,4-8H2,1-3H3,(H2,15,18)(H,16,19). The van der Waals surface area contributed by atoms with Gasteiger partial charge in [-0.2, -0.15) is 0 Å². The van der Waals surface area contributed by atoms with E-state index < -0.39 is 5.41 Å². The van der Waals surface area contributed by atoms with Gasteiger partial charge >= 0.3 is 0 Å². The summed E-state index contributed by atoms with van der Waals surface area (Å²) in [7, 11) is 0. The lowest BCUT2D eigenvalue weighted by atomic mass is 9.77. The van der Waals surface area contributed by atoms with Crippen LogP contribution in [0.25, 0.3) is 0 Å². The van der Waals surface area contributed by atoms with Gasteiger partial charge in [-0.05, 0) is 19.8 Å². The van der Waals surface area contributed by atoms with Gasteiger partial charge in [0, 0.05) is 5.38 Å². The molecule has 0 aliphatic heterocycles. The predicted octanol–water partition coefficient (Wildman–Crippen LogP) is 2.40. The number of aryl methyl sites for hydroxylation is 1. The van der Waals surface area contributed by atoms with E-state index >= 15 is 0 Å². The van der Waals surface area contributed by atoms with Gasteiger partial charge in [0.15, 0.2) is 5.84 Å². The van der Waals surface area contributed by atoms with Crippen LogP contribution >= 0.6 is 11.3 Å². The van der Waals surface area contributed by atoms with Gasteiger partial charge in [0.1, 0.15) is 5.41 Å². The van der Waals surface area contributed by atoms with Crippen molar-refractivity contribution in [2.45, 2.75) is 53.0 Å². The first-order chi connectivity index (χ1) is 10.00. The summed E-state index contributed by atoms with van der Waals surface area (Å²) in [6.45, 7) is 6.24. The molecule has 6 nitrogen and oxygen atoms in total. The topological polar surface area (TPSA) is 101 Å². The van der Waals surface area contributed by atoms with Crippen LogP contribution in [0.3, 0.4) is 0 Å². The first kappa shape index (κ1) is 17.4. The van der Waals surface area contributed by atoms with Crippen LogP contribution in [0.4, 0.5) is 0 Å². The zero-order valence-electron chi connectivity index (χ0n) is 12.8. The van der Waals surface area contributed by atoms with E-state index in [0.717, 1.165) is 23.5 Å². The molecular weight excluding hydrogens is 288 g/mol. The number of amides is 1. The third-order valence-electron chi connectivity index (χ3n) is 3.48. The average Bonchev–Trinajstić information content (AvgIpc) is 2.89. The third kappa shape index (κ3) is 4.17. The average molecular weight is 312 g/mol. The van der Waals surface area contributed by atoms with E-state index in [1.165, 1.54) is 0 Å². The summed E-state index contributed by atoms with van der Waals surface area (Å²) >= 11 is 1.54. The summed E-state index contributed by atoms with van der Waals surface area (Å²) in [6.07, 6.45) is 2.66. The Labute approximate surface area is 129 Å². The molecule has 1 aromatic rings. The molecule has 1 heterocycles. The second-order valence-electron chi connectivity index (χ2n) is 5.11. The Balaban J connectivity index is 2.88. The van der Waals surface area contributed by atoms with Crippen LogP contribution < -0.4 is 11.1 Å². The molecule has 0 saturated carbocycles. The first-order valence-corrected chi connectivity index (χ1v) is 8.05. The van der Waals surface area contributed by atoms with Crippen molar-refractivity contribution in [3.63, 3.8) is 0 Å². The molecule has 0 saturated heterocycles. The Morgan fingerprint density at radius 1 is 1.48 bits per heavy atom. The number of carbonyl (C=O) groups is 1. The van der Waals surface area contributed by atoms with Gasteiger partial charge in [-0.3, -0.25) is 4.79 Å². The number of thiazole rings is 1. The van der Waals surface area contributed by atoms with Crippen molar-refractivity contribution in [2.24, 2.45) is 16.3 Å². The summed E-state index contributed by atoms with van der Waals surface area (Å²) < 4.78 is 0. The van der Waals surface area contributed by atoms with E-state index in [2.05, 4.69) is 15.5 Å². The fourth-order valence-corrected chi connectivity index (χ4v) is 3.12. The Bertz CT molecular complexity index is 493. The maximum absolute atomic E-state index is 12.6. The molecule has 0 aliphatic rings. The normalized spacial score (nSPS) is 12.4. The molecule has 0 aliphatic carbocycles. The maximum atomic E-state index is 12.6. The van der Waals surface area contributed by atoms with Gasteiger partial charge in [0.05, 0.1) is 17.2 Å². The molecule has 1 rings (SSSR count). The molecule has 0 fully saturated rings. The number of carbonyl (C=O) groups excluding carboxylic acids is 1. The molecule has 0 unspecified atom stereocenters. The molecule has 21 heavy (non-hydrogen) atoms. The van der Waals surface area contributed by atoms with Gasteiger partial charge in [-0.15, -0.1) is 11.3 Å². The van der Waals surface area contributed by atoms with E-state index in [4.69, 9.17) is 10.9 Å². The Morgan fingerprint density at radius 2 is 2.10 bits per heavy atom. The minimum Gasteiger partial charge on any atom is -0.409 e. The number of oxime groups is 1. The molecule has 0 radical (unpaired) electrons. The number of amidine groups is 1. The highest BCUT2D eigenvalue weighted by Crippen LogP contribution is 2.31. The quantitative estimate of drug-likeness (QED) is 0.297. The van der Waals surface area contributed by atoms with Crippen molar-refractivity contribution in [2.75, 3.05) is 0 Å². The van der Waals surface area contributed by atoms with Gasteiger partial charge in [0.2, 0.25) is 5.91 Å².